The molecule has 0 fully saturated rings. The molecule has 1 heterocycles. The molecule has 0 aliphatic carbocycles. The lowest BCUT2D eigenvalue weighted by Crippen LogP contribution is -2.35. The fourth-order valence-electron chi connectivity index (χ4n) is 1.09. The Hall–Kier alpha value is -1.23. The SMILES string of the molecule is CC(OC(=O)CN)N1C=CN(C)C1. The number of esters is 1. The Kier molecular flexibility index (Phi) is 3.13. The van der Waals surface area contributed by atoms with E-state index in [9.17, 15) is 4.79 Å². The van der Waals surface area contributed by atoms with Crippen molar-refractivity contribution in [2.45, 2.75) is 13.2 Å². The third-order valence-electron chi connectivity index (χ3n) is 1.83. The Bertz CT molecular complexity index is 217. The zero-order valence-corrected chi connectivity index (χ0v) is 7.93. The molecule has 0 bridgehead atoms. The first-order valence-electron chi connectivity index (χ1n) is 4.17. The van der Waals surface area contributed by atoms with Crippen molar-refractivity contribution < 1.29 is 9.53 Å². The van der Waals surface area contributed by atoms with Crippen molar-refractivity contribution in [2.24, 2.45) is 5.73 Å². The van der Waals surface area contributed by atoms with Crippen LogP contribution in [0.1, 0.15) is 6.92 Å². The molecule has 0 aromatic heterocycles. The highest BCUT2D eigenvalue weighted by molar-refractivity contribution is 5.71. The van der Waals surface area contributed by atoms with Gasteiger partial charge in [-0.1, -0.05) is 0 Å². The molecule has 0 spiro atoms. The molecule has 0 aromatic carbocycles. The van der Waals surface area contributed by atoms with Gasteiger partial charge in [-0.25, -0.2) is 0 Å². The summed E-state index contributed by atoms with van der Waals surface area (Å²) in [6.45, 7) is 2.48. The summed E-state index contributed by atoms with van der Waals surface area (Å²) in [5, 5.41) is 0. The number of carbonyl (C=O) groups excluding carboxylic acids is 1. The molecule has 0 amide bonds. The summed E-state index contributed by atoms with van der Waals surface area (Å²) in [6.07, 6.45) is 3.55. The van der Waals surface area contributed by atoms with Crippen LogP contribution in [0.25, 0.3) is 0 Å². The monoisotopic (exact) mass is 185 g/mol. The van der Waals surface area contributed by atoms with Crippen LogP contribution in [0.2, 0.25) is 0 Å². The first kappa shape index (κ1) is 9.85. The van der Waals surface area contributed by atoms with Crippen molar-refractivity contribution in [2.75, 3.05) is 20.3 Å². The number of carbonyl (C=O) groups is 1. The smallest absolute Gasteiger partial charge is 0.321 e. The van der Waals surface area contributed by atoms with E-state index in [2.05, 4.69) is 0 Å². The third-order valence-corrected chi connectivity index (χ3v) is 1.83. The molecule has 74 valence electrons. The Morgan fingerprint density at radius 1 is 1.69 bits per heavy atom. The predicted octanol–water partition coefficient (Wildman–Crippen LogP) is -0.490. The Morgan fingerprint density at radius 3 is 2.85 bits per heavy atom. The summed E-state index contributed by atoms with van der Waals surface area (Å²) < 4.78 is 5.02. The first-order valence-corrected chi connectivity index (χ1v) is 4.17. The van der Waals surface area contributed by atoms with Crippen molar-refractivity contribution in [1.82, 2.24) is 9.80 Å². The lowest BCUT2D eigenvalue weighted by atomic mass is 10.5. The highest BCUT2D eigenvalue weighted by Crippen LogP contribution is 2.09. The molecular weight excluding hydrogens is 170 g/mol. The van der Waals surface area contributed by atoms with E-state index in [1.54, 1.807) is 0 Å². The highest BCUT2D eigenvalue weighted by Gasteiger charge is 2.17. The fourth-order valence-corrected chi connectivity index (χ4v) is 1.09. The molecule has 0 radical (unpaired) electrons. The van der Waals surface area contributed by atoms with Gasteiger partial charge in [-0.2, -0.15) is 0 Å². The van der Waals surface area contributed by atoms with Gasteiger partial charge in [0.1, 0.15) is 0 Å². The summed E-state index contributed by atoms with van der Waals surface area (Å²) in [5.41, 5.74) is 5.12. The highest BCUT2D eigenvalue weighted by atomic mass is 16.6. The largest absolute Gasteiger partial charge is 0.441 e. The second-order valence-corrected chi connectivity index (χ2v) is 3.00. The van der Waals surface area contributed by atoms with Gasteiger partial charge in [0.05, 0.1) is 13.2 Å². The molecule has 13 heavy (non-hydrogen) atoms. The predicted molar refractivity (Wildman–Crippen MR) is 48.2 cm³/mol. The molecule has 1 aliphatic rings. The Labute approximate surface area is 77.7 Å². The van der Waals surface area contributed by atoms with Crippen LogP contribution in [0.4, 0.5) is 0 Å². The van der Waals surface area contributed by atoms with E-state index in [1.807, 2.05) is 36.2 Å². The molecule has 1 aliphatic heterocycles. The second kappa shape index (κ2) is 4.13. The number of hydrogen-bond donors (Lipinski definition) is 1. The van der Waals surface area contributed by atoms with E-state index < -0.39 is 0 Å². The van der Waals surface area contributed by atoms with E-state index in [0.717, 1.165) is 6.67 Å². The van der Waals surface area contributed by atoms with Crippen LogP contribution in [0.3, 0.4) is 0 Å². The molecule has 2 N–H and O–H groups in total. The van der Waals surface area contributed by atoms with Gasteiger partial charge < -0.3 is 20.3 Å². The molecule has 0 saturated carbocycles. The van der Waals surface area contributed by atoms with E-state index in [4.69, 9.17) is 10.5 Å². The van der Waals surface area contributed by atoms with Gasteiger partial charge in [0.25, 0.3) is 0 Å². The van der Waals surface area contributed by atoms with Crippen molar-refractivity contribution in [3.63, 3.8) is 0 Å². The maximum Gasteiger partial charge on any atom is 0.321 e. The zero-order valence-electron chi connectivity index (χ0n) is 7.93. The molecular formula is C8H15N3O2. The van der Waals surface area contributed by atoms with Gasteiger partial charge in [0.15, 0.2) is 6.23 Å². The molecule has 0 saturated heterocycles. The average Bonchev–Trinajstić information content (AvgIpc) is 2.51. The summed E-state index contributed by atoms with van der Waals surface area (Å²) >= 11 is 0. The Balaban J connectivity index is 2.36. The van der Waals surface area contributed by atoms with Crippen molar-refractivity contribution >= 4 is 5.97 Å². The van der Waals surface area contributed by atoms with Gasteiger partial charge in [0, 0.05) is 19.4 Å². The third kappa shape index (κ3) is 2.62. The van der Waals surface area contributed by atoms with Crippen LogP contribution in [0.5, 0.6) is 0 Å². The number of nitrogens with zero attached hydrogens (tertiary/aromatic N) is 2. The Morgan fingerprint density at radius 2 is 2.38 bits per heavy atom. The normalized spacial score (nSPS) is 17.8. The minimum absolute atomic E-state index is 0.0717. The maximum absolute atomic E-state index is 10.8. The molecule has 5 heteroatoms. The molecule has 5 nitrogen and oxygen atoms in total. The molecule has 1 rings (SSSR count). The summed E-state index contributed by atoms with van der Waals surface area (Å²) in [7, 11) is 1.95. The minimum atomic E-state index is -0.379. The number of rotatable bonds is 3. The van der Waals surface area contributed by atoms with Crippen molar-refractivity contribution in [1.29, 1.82) is 0 Å². The maximum atomic E-state index is 10.8. The quantitative estimate of drug-likeness (QED) is 0.601. The zero-order chi connectivity index (χ0) is 9.84. The van der Waals surface area contributed by atoms with Gasteiger partial charge >= 0.3 is 5.97 Å². The number of ether oxygens (including phenoxy) is 1. The van der Waals surface area contributed by atoms with Crippen LogP contribution in [-0.2, 0) is 9.53 Å². The van der Waals surface area contributed by atoms with Gasteiger partial charge in [-0.05, 0) is 6.92 Å². The van der Waals surface area contributed by atoms with Crippen molar-refractivity contribution in [3.8, 4) is 0 Å². The first-order chi connectivity index (χ1) is 6.13. The molecule has 1 atom stereocenters. The van der Waals surface area contributed by atoms with E-state index in [1.165, 1.54) is 0 Å². The van der Waals surface area contributed by atoms with Crippen LogP contribution >= 0.6 is 0 Å². The summed E-state index contributed by atoms with van der Waals surface area (Å²) in [5.74, 6) is -0.379. The second-order valence-electron chi connectivity index (χ2n) is 3.00. The lowest BCUT2D eigenvalue weighted by molar-refractivity contribution is -0.153. The number of hydrogen-bond acceptors (Lipinski definition) is 5. The van der Waals surface area contributed by atoms with Crippen LogP contribution < -0.4 is 5.73 Å². The number of nitrogens with two attached hydrogens (primary N) is 1. The topological polar surface area (TPSA) is 58.8 Å². The van der Waals surface area contributed by atoms with E-state index >= 15 is 0 Å². The van der Waals surface area contributed by atoms with E-state index in [0.29, 0.717) is 0 Å². The van der Waals surface area contributed by atoms with Crippen molar-refractivity contribution in [3.05, 3.63) is 12.4 Å². The van der Waals surface area contributed by atoms with Gasteiger partial charge in [-0.15, -0.1) is 0 Å². The van der Waals surface area contributed by atoms with Crippen LogP contribution in [0.15, 0.2) is 12.4 Å². The van der Waals surface area contributed by atoms with Crippen LogP contribution in [-0.4, -0.2) is 42.3 Å². The molecule has 1 unspecified atom stereocenters. The molecule has 0 aromatic rings. The fraction of sp³-hybridized carbons (Fsp3) is 0.625. The van der Waals surface area contributed by atoms with E-state index in [-0.39, 0.29) is 18.7 Å². The minimum Gasteiger partial charge on any atom is -0.441 e. The van der Waals surface area contributed by atoms with Gasteiger partial charge in [-0.3, -0.25) is 4.79 Å². The summed E-state index contributed by atoms with van der Waals surface area (Å²) in [6, 6.07) is 0. The summed E-state index contributed by atoms with van der Waals surface area (Å²) in [4.78, 5) is 14.8. The standard InChI is InChI=1S/C8H15N3O2/c1-7(13-8(12)5-9)11-4-3-10(2)6-11/h3-4,7H,5-6,9H2,1-2H3. The van der Waals surface area contributed by atoms with Gasteiger partial charge in [0.2, 0.25) is 0 Å². The van der Waals surface area contributed by atoms with Crippen LogP contribution in [0, 0.1) is 0 Å². The lowest BCUT2D eigenvalue weighted by Gasteiger charge is -2.24. The average molecular weight is 185 g/mol.